The van der Waals surface area contributed by atoms with Crippen molar-refractivity contribution in [1.29, 1.82) is 0 Å². The van der Waals surface area contributed by atoms with E-state index in [-0.39, 0.29) is 6.10 Å². The summed E-state index contributed by atoms with van der Waals surface area (Å²) in [7, 11) is 0. The third-order valence-corrected chi connectivity index (χ3v) is 6.93. The first-order valence-electron chi connectivity index (χ1n) is 11.3. The van der Waals surface area contributed by atoms with Crippen LogP contribution < -0.4 is 10.1 Å². The third-order valence-electron chi connectivity index (χ3n) is 6.70. The molecule has 1 aliphatic heterocycles. The van der Waals surface area contributed by atoms with Crippen molar-refractivity contribution in [3.63, 3.8) is 0 Å². The predicted octanol–water partition coefficient (Wildman–Crippen LogP) is 5.78. The lowest BCUT2D eigenvalue weighted by Crippen LogP contribution is -2.25. The van der Waals surface area contributed by atoms with Gasteiger partial charge in [0.15, 0.2) is 5.82 Å². The molecule has 0 spiro atoms. The van der Waals surface area contributed by atoms with E-state index in [1.165, 1.54) is 16.3 Å². The summed E-state index contributed by atoms with van der Waals surface area (Å²) in [5.41, 5.74) is 2.33. The van der Waals surface area contributed by atoms with E-state index < -0.39 is 0 Å². The predicted molar refractivity (Wildman–Crippen MR) is 126 cm³/mol. The van der Waals surface area contributed by atoms with Gasteiger partial charge >= 0.3 is 0 Å². The van der Waals surface area contributed by atoms with Gasteiger partial charge in [0.2, 0.25) is 0 Å². The molecule has 5 nitrogen and oxygen atoms in total. The topological polar surface area (TPSA) is 52.0 Å². The molecule has 1 N–H and O–H groups in total. The van der Waals surface area contributed by atoms with Gasteiger partial charge in [-0.3, -0.25) is 4.57 Å². The zero-order valence-corrected chi connectivity index (χ0v) is 18.6. The van der Waals surface area contributed by atoms with Crippen molar-refractivity contribution in [2.75, 3.05) is 0 Å². The molecule has 1 fully saturated rings. The zero-order valence-electron chi connectivity index (χ0n) is 17.8. The van der Waals surface area contributed by atoms with Crippen LogP contribution in [0.25, 0.3) is 16.5 Å². The van der Waals surface area contributed by atoms with Gasteiger partial charge in [-0.05, 0) is 72.4 Å². The number of hydrogen-bond acceptors (Lipinski definition) is 4. The maximum atomic E-state index is 6.36. The summed E-state index contributed by atoms with van der Waals surface area (Å²) in [4.78, 5) is 0. The Hall–Kier alpha value is -2.89. The van der Waals surface area contributed by atoms with Crippen LogP contribution in [0.4, 0.5) is 0 Å². The summed E-state index contributed by atoms with van der Waals surface area (Å²) in [5.74, 6) is 3.38. The van der Waals surface area contributed by atoms with Gasteiger partial charge in [-0.1, -0.05) is 41.9 Å². The van der Waals surface area contributed by atoms with Crippen molar-refractivity contribution < 1.29 is 4.74 Å². The molecule has 2 heterocycles. The van der Waals surface area contributed by atoms with Crippen molar-refractivity contribution in [1.82, 2.24) is 20.1 Å². The highest BCUT2D eigenvalue weighted by Gasteiger charge is 2.30. The zero-order chi connectivity index (χ0) is 21.5. The van der Waals surface area contributed by atoms with Gasteiger partial charge < -0.3 is 10.1 Å². The molecule has 4 aromatic rings. The Balaban J connectivity index is 1.20. The van der Waals surface area contributed by atoms with Crippen LogP contribution in [0.2, 0.25) is 5.02 Å². The Morgan fingerprint density at radius 1 is 0.875 bits per heavy atom. The highest BCUT2D eigenvalue weighted by Crippen LogP contribution is 2.36. The molecule has 0 amide bonds. The van der Waals surface area contributed by atoms with Gasteiger partial charge in [-0.2, -0.15) is 0 Å². The quantitative estimate of drug-likeness (QED) is 0.435. The molecular formula is C26H25ClN4O. The molecule has 0 radical (unpaired) electrons. The minimum atomic E-state index is 0.242. The minimum Gasteiger partial charge on any atom is -0.490 e. The number of hydrogen-bond donors (Lipinski definition) is 1. The van der Waals surface area contributed by atoms with Crippen molar-refractivity contribution >= 4 is 22.4 Å². The Morgan fingerprint density at radius 3 is 2.59 bits per heavy atom. The fourth-order valence-corrected chi connectivity index (χ4v) is 5.26. The number of aromatic nitrogens is 3. The van der Waals surface area contributed by atoms with Crippen LogP contribution in [0, 0.1) is 0 Å². The lowest BCUT2D eigenvalue weighted by molar-refractivity contribution is 0.145. The molecule has 162 valence electrons. The van der Waals surface area contributed by atoms with Crippen LogP contribution in [0.15, 0.2) is 60.7 Å². The SMILES string of the molecule is Clc1ccc2c(c1)CNCc1nnc([C@H]3CC[C@H](Oc4ccc5ccccc5c4)CC3)n1-2. The second-order valence-corrected chi connectivity index (χ2v) is 9.22. The van der Waals surface area contributed by atoms with Crippen molar-refractivity contribution in [3.8, 4) is 11.4 Å². The second-order valence-electron chi connectivity index (χ2n) is 8.79. The van der Waals surface area contributed by atoms with E-state index in [1.807, 2.05) is 12.1 Å². The average Bonchev–Trinajstić information content (AvgIpc) is 3.15. The number of rotatable bonds is 3. The first-order valence-corrected chi connectivity index (χ1v) is 11.7. The molecule has 3 aromatic carbocycles. The average molecular weight is 445 g/mol. The third kappa shape index (κ3) is 3.65. The lowest BCUT2D eigenvalue weighted by Gasteiger charge is -2.29. The standard InChI is InChI=1S/C26H25ClN4O/c27-21-8-12-24-20(13-21)15-28-16-25-29-30-26(31(24)25)18-6-9-22(10-7-18)32-23-11-5-17-3-1-2-4-19(17)14-23/h1-5,8,11-14,18,22,28H,6-7,9-10,15-16H2/t18-,22-. The molecule has 1 aromatic heterocycles. The van der Waals surface area contributed by atoms with Gasteiger partial charge in [0, 0.05) is 17.5 Å². The van der Waals surface area contributed by atoms with Crippen LogP contribution in [0.1, 0.15) is 48.8 Å². The molecule has 1 aliphatic carbocycles. The highest BCUT2D eigenvalue weighted by atomic mass is 35.5. The Labute approximate surface area is 192 Å². The fraction of sp³-hybridized carbons (Fsp3) is 0.308. The summed E-state index contributed by atoms with van der Waals surface area (Å²) in [6.07, 6.45) is 4.38. The van der Waals surface area contributed by atoms with E-state index in [0.29, 0.717) is 12.5 Å². The van der Waals surface area contributed by atoms with E-state index >= 15 is 0 Å². The molecule has 1 saturated carbocycles. The van der Waals surface area contributed by atoms with E-state index in [0.717, 1.165) is 60.3 Å². The Kier molecular flexibility index (Phi) is 5.08. The number of nitrogens with zero attached hydrogens (tertiary/aromatic N) is 3. The molecule has 2 aliphatic rings. The van der Waals surface area contributed by atoms with Gasteiger partial charge in [0.05, 0.1) is 18.3 Å². The molecule has 0 saturated heterocycles. The van der Waals surface area contributed by atoms with Crippen LogP contribution in [0.5, 0.6) is 5.75 Å². The number of nitrogens with one attached hydrogen (secondary N) is 1. The van der Waals surface area contributed by atoms with E-state index in [2.05, 4.69) is 68.6 Å². The maximum absolute atomic E-state index is 6.36. The van der Waals surface area contributed by atoms with Crippen LogP contribution in [-0.2, 0) is 13.1 Å². The summed E-state index contributed by atoms with van der Waals surface area (Å²) in [5, 5.41) is 15.8. The van der Waals surface area contributed by atoms with Gasteiger partial charge in [0.1, 0.15) is 11.6 Å². The van der Waals surface area contributed by atoms with E-state index in [9.17, 15) is 0 Å². The summed E-state index contributed by atoms with van der Waals surface area (Å²) in [6.45, 7) is 1.49. The molecule has 6 heteroatoms. The monoisotopic (exact) mass is 444 g/mol. The van der Waals surface area contributed by atoms with E-state index in [4.69, 9.17) is 16.3 Å². The number of ether oxygens (including phenoxy) is 1. The first-order chi connectivity index (χ1) is 15.7. The lowest BCUT2D eigenvalue weighted by atomic mass is 9.86. The number of benzene rings is 3. The van der Waals surface area contributed by atoms with Crippen LogP contribution in [0.3, 0.4) is 0 Å². The summed E-state index contributed by atoms with van der Waals surface area (Å²) < 4.78 is 8.61. The van der Waals surface area contributed by atoms with Crippen LogP contribution in [-0.4, -0.2) is 20.9 Å². The molecule has 0 bridgehead atoms. The smallest absolute Gasteiger partial charge is 0.151 e. The minimum absolute atomic E-state index is 0.242. The molecule has 32 heavy (non-hydrogen) atoms. The summed E-state index contributed by atoms with van der Waals surface area (Å²) >= 11 is 6.25. The number of fused-ring (bicyclic) bond motifs is 4. The van der Waals surface area contributed by atoms with Gasteiger partial charge in [-0.25, -0.2) is 0 Å². The molecular weight excluding hydrogens is 420 g/mol. The molecule has 6 rings (SSSR count). The maximum Gasteiger partial charge on any atom is 0.151 e. The van der Waals surface area contributed by atoms with Gasteiger partial charge in [-0.15, -0.1) is 10.2 Å². The fourth-order valence-electron chi connectivity index (χ4n) is 5.07. The highest BCUT2D eigenvalue weighted by molar-refractivity contribution is 6.30. The Bertz CT molecular complexity index is 1280. The first kappa shape index (κ1) is 19.8. The Morgan fingerprint density at radius 2 is 1.72 bits per heavy atom. The molecule has 0 atom stereocenters. The van der Waals surface area contributed by atoms with Crippen molar-refractivity contribution in [2.45, 2.75) is 50.8 Å². The van der Waals surface area contributed by atoms with Crippen LogP contribution >= 0.6 is 11.6 Å². The van der Waals surface area contributed by atoms with Crippen molar-refractivity contribution in [3.05, 3.63) is 82.9 Å². The van der Waals surface area contributed by atoms with E-state index in [1.54, 1.807) is 0 Å². The normalized spacial score (nSPS) is 20.4. The largest absolute Gasteiger partial charge is 0.490 e. The summed E-state index contributed by atoms with van der Waals surface area (Å²) in [6, 6.07) is 20.9. The van der Waals surface area contributed by atoms with Gasteiger partial charge in [0.25, 0.3) is 0 Å². The molecule has 0 unspecified atom stereocenters. The van der Waals surface area contributed by atoms with Crippen molar-refractivity contribution in [2.24, 2.45) is 0 Å². The number of halogens is 1. The second kappa shape index (κ2) is 8.23.